The highest BCUT2D eigenvalue weighted by Crippen LogP contribution is 1.76. The second-order valence-corrected chi connectivity index (χ2v) is 10.1. The molecule has 0 spiro atoms. The van der Waals surface area contributed by atoms with Crippen molar-refractivity contribution in [1.29, 1.82) is 0 Å². The summed E-state index contributed by atoms with van der Waals surface area (Å²) in [5, 5.41) is 156. The van der Waals surface area contributed by atoms with Crippen LogP contribution in [0.1, 0.15) is 0 Å². The molecule has 0 radical (unpaired) electrons. The maximum atomic E-state index is 9.55. The third-order valence-electron chi connectivity index (χ3n) is 3.68. The molecular weight excluding hydrogens is 1120 g/mol. The standard InChI is InChI=1S/10C4H4O4/c10*5-3(6)1-2-4(7)8/h10*1-2H,(H,5,6)(H,7,8)/b10*2-1-. The Bertz CT molecular complexity index is 1750. The number of carbonyl (C=O) groups is 20. The van der Waals surface area contributed by atoms with E-state index in [1.165, 1.54) is 0 Å². The fraction of sp³-hybridized carbons (Fsp3) is 0. The van der Waals surface area contributed by atoms with E-state index in [0.29, 0.717) is 122 Å². The predicted octanol–water partition coefficient (Wildman–Crippen LogP) is -2.88. The summed E-state index contributed by atoms with van der Waals surface area (Å²) in [4.78, 5) is 191. The Kier molecular flexibility index (Phi) is 69.4. The first kappa shape index (κ1) is 89.6. The third-order valence-corrected chi connectivity index (χ3v) is 3.68. The van der Waals surface area contributed by atoms with Crippen LogP contribution in [0.2, 0.25) is 0 Å². The molecule has 0 aliphatic carbocycles. The van der Waals surface area contributed by atoms with Crippen LogP contribution in [0.15, 0.2) is 122 Å². The molecule has 0 amide bonds. The quantitative estimate of drug-likeness (QED) is 0.0544. The number of carboxylic acid groups (broad SMARTS) is 20. The van der Waals surface area contributed by atoms with Gasteiger partial charge < -0.3 is 102 Å². The zero-order valence-electron chi connectivity index (χ0n) is 38.7. The largest absolute Gasteiger partial charge is 0.478 e. The van der Waals surface area contributed by atoms with Gasteiger partial charge in [-0.2, -0.15) is 0 Å². The van der Waals surface area contributed by atoms with Crippen molar-refractivity contribution in [2.75, 3.05) is 0 Å². The van der Waals surface area contributed by atoms with Crippen LogP contribution in [0.5, 0.6) is 0 Å². The van der Waals surface area contributed by atoms with E-state index in [1.54, 1.807) is 0 Å². The fourth-order valence-corrected chi connectivity index (χ4v) is 1.43. The lowest BCUT2D eigenvalue weighted by Gasteiger charge is -1.74. The molecule has 40 nitrogen and oxygen atoms in total. The molecule has 20 N–H and O–H groups in total. The highest BCUT2D eigenvalue weighted by Gasteiger charge is 1.94. The minimum Gasteiger partial charge on any atom is -0.478 e. The zero-order valence-corrected chi connectivity index (χ0v) is 38.7. The van der Waals surface area contributed by atoms with Crippen LogP contribution in [-0.2, 0) is 95.9 Å². The van der Waals surface area contributed by atoms with Crippen LogP contribution in [-0.4, -0.2) is 222 Å². The Morgan fingerprint density at radius 2 is 0.125 bits per heavy atom. The summed E-state index contributed by atoms with van der Waals surface area (Å²) in [5.41, 5.74) is 0. The average Bonchev–Trinajstić information content (AvgIpc) is 3.29. The van der Waals surface area contributed by atoms with Crippen LogP contribution in [0, 0.1) is 0 Å². The van der Waals surface area contributed by atoms with E-state index in [-0.39, 0.29) is 0 Å². The fourth-order valence-electron chi connectivity index (χ4n) is 1.43. The van der Waals surface area contributed by atoms with Crippen molar-refractivity contribution in [2.45, 2.75) is 0 Å². The summed E-state index contributed by atoms with van der Waals surface area (Å²) in [5.74, 6) is -25.1. The number of hydrogen-bond acceptors (Lipinski definition) is 20. The lowest BCUT2D eigenvalue weighted by molar-refractivity contribution is -0.134. The molecule has 0 rings (SSSR count). The van der Waals surface area contributed by atoms with Gasteiger partial charge in [0, 0.05) is 122 Å². The number of hydrogen-bond donors (Lipinski definition) is 20. The molecule has 440 valence electrons. The van der Waals surface area contributed by atoms with Crippen molar-refractivity contribution in [2.24, 2.45) is 0 Å². The Hall–Kier alpha value is -13.2. The van der Waals surface area contributed by atoms with Gasteiger partial charge in [0.15, 0.2) is 0 Å². The van der Waals surface area contributed by atoms with Crippen LogP contribution < -0.4 is 0 Å². The second kappa shape index (κ2) is 61.9. The van der Waals surface area contributed by atoms with E-state index < -0.39 is 119 Å². The lowest BCUT2D eigenvalue weighted by Crippen LogP contribution is -1.91. The molecule has 0 aromatic carbocycles. The summed E-state index contributed by atoms with van der Waals surface area (Å²) in [6.07, 6.45) is 11.2. The normalized spacial score (nSPS) is 9.50. The van der Waals surface area contributed by atoms with Gasteiger partial charge in [-0.25, -0.2) is 95.9 Å². The zero-order chi connectivity index (χ0) is 65.7. The second-order valence-electron chi connectivity index (χ2n) is 10.1. The summed E-state index contributed by atoms with van der Waals surface area (Å²) in [6, 6.07) is 0. The van der Waals surface area contributed by atoms with Crippen LogP contribution in [0.3, 0.4) is 0 Å². The topological polar surface area (TPSA) is 746 Å². The van der Waals surface area contributed by atoms with Crippen molar-refractivity contribution in [3.8, 4) is 0 Å². The Morgan fingerprint density at radius 1 is 0.100 bits per heavy atom. The first-order chi connectivity index (χ1) is 36.3. The van der Waals surface area contributed by atoms with Gasteiger partial charge in [0.2, 0.25) is 0 Å². The Balaban J connectivity index is -0.0000000851. The van der Waals surface area contributed by atoms with Crippen LogP contribution in [0.4, 0.5) is 0 Å². The van der Waals surface area contributed by atoms with Crippen molar-refractivity contribution in [3.63, 3.8) is 0 Å². The van der Waals surface area contributed by atoms with E-state index in [2.05, 4.69) is 0 Å². The van der Waals surface area contributed by atoms with Gasteiger partial charge >= 0.3 is 119 Å². The molecule has 0 aliphatic heterocycles. The van der Waals surface area contributed by atoms with E-state index in [9.17, 15) is 95.9 Å². The van der Waals surface area contributed by atoms with Gasteiger partial charge in [0.25, 0.3) is 0 Å². The molecule has 0 aliphatic rings. The molecule has 40 heteroatoms. The molecule has 0 aromatic rings. The van der Waals surface area contributed by atoms with Gasteiger partial charge in [-0.15, -0.1) is 0 Å². The van der Waals surface area contributed by atoms with Crippen molar-refractivity contribution in [3.05, 3.63) is 122 Å². The smallest absolute Gasteiger partial charge is 0.328 e. The molecule has 0 bridgehead atoms. The van der Waals surface area contributed by atoms with Gasteiger partial charge in [-0.05, 0) is 0 Å². The first-order valence-electron chi connectivity index (χ1n) is 17.7. The highest BCUT2D eigenvalue weighted by atomic mass is 16.4. The van der Waals surface area contributed by atoms with E-state index >= 15 is 0 Å². The van der Waals surface area contributed by atoms with E-state index in [4.69, 9.17) is 102 Å². The summed E-state index contributed by atoms with van der Waals surface area (Å²) in [6.45, 7) is 0. The number of rotatable bonds is 20. The molecule has 0 saturated heterocycles. The average molecular weight is 1160 g/mol. The predicted molar refractivity (Wildman–Crippen MR) is 244 cm³/mol. The summed E-state index contributed by atoms with van der Waals surface area (Å²) in [7, 11) is 0. The Morgan fingerprint density at radius 3 is 0.138 bits per heavy atom. The third kappa shape index (κ3) is 195. The van der Waals surface area contributed by atoms with Crippen molar-refractivity contribution < 1.29 is 198 Å². The minimum atomic E-state index is -1.26. The van der Waals surface area contributed by atoms with Gasteiger partial charge in [-0.1, -0.05) is 0 Å². The summed E-state index contributed by atoms with van der Waals surface area (Å²) >= 11 is 0. The minimum absolute atomic E-state index is 0.558. The summed E-state index contributed by atoms with van der Waals surface area (Å²) < 4.78 is 0. The SMILES string of the molecule is O=C(O)/C=C\C(=O)O.O=C(O)/C=C\C(=O)O.O=C(O)/C=C\C(=O)O.O=C(O)/C=C\C(=O)O.O=C(O)/C=C\C(=O)O.O=C(O)/C=C\C(=O)O.O=C(O)/C=C\C(=O)O.O=C(O)/C=C\C(=O)O.O=C(O)/C=C\C(=O)O.O=C(O)/C=C\C(=O)O. The van der Waals surface area contributed by atoms with Gasteiger partial charge in [0.1, 0.15) is 0 Å². The lowest BCUT2D eigenvalue weighted by atomic mass is 10.5. The molecule has 0 unspecified atom stereocenters. The monoisotopic (exact) mass is 1160 g/mol. The van der Waals surface area contributed by atoms with E-state index in [1.807, 2.05) is 0 Å². The molecule has 80 heavy (non-hydrogen) atoms. The number of aliphatic carboxylic acids is 20. The molecule has 0 fully saturated rings. The van der Waals surface area contributed by atoms with Crippen molar-refractivity contribution >= 4 is 119 Å². The van der Waals surface area contributed by atoms with Gasteiger partial charge in [0.05, 0.1) is 0 Å². The van der Waals surface area contributed by atoms with E-state index in [0.717, 1.165) is 0 Å². The molecule has 0 atom stereocenters. The molecule has 0 saturated carbocycles. The Labute approximate surface area is 438 Å². The van der Waals surface area contributed by atoms with Crippen molar-refractivity contribution in [1.82, 2.24) is 0 Å². The highest BCUT2D eigenvalue weighted by molar-refractivity contribution is 5.94. The maximum absolute atomic E-state index is 9.55. The van der Waals surface area contributed by atoms with Gasteiger partial charge in [-0.3, -0.25) is 0 Å². The van der Waals surface area contributed by atoms with Crippen LogP contribution in [0.25, 0.3) is 0 Å². The molecule has 0 aromatic heterocycles. The van der Waals surface area contributed by atoms with Crippen LogP contribution >= 0.6 is 0 Å². The number of carboxylic acids is 20. The molecule has 0 heterocycles. The first-order valence-corrected chi connectivity index (χ1v) is 17.7. The maximum Gasteiger partial charge on any atom is 0.328 e. The molecular formula is C40H40O40.